The Kier molecular flexibility index (Phi) is 4.98. The lowest BCUT2D eigenvalue weighted by Crippen LogP contribution is -2.29. The first-order chi connectivity index (χ1) is 13.6. The molecule has 3 aromatic rings. The van der Waals surface area contributed by atoms with E-state index in [0.717, 1.165) is 44.5 Å². The molecular weight excluding hydrogens is 394 g/mol. The number of ether oxygens (including phenoxy) is 1. The third-order valence-corrected chi connectivity index (χ3v) is 5.77. The van der Waals surface area contributed by atoms with E-state index in [4.69, 9.17) is 10.00 Å². The largest absolute Gasteiger partial charge is 0.496 e. The molecule has 1 atom stereocenters. The molecule has 0 saturated heterocycles. The molecule has 1 amide bonds. The number of aromatic nitrogens is 2. The number of thiocyanates is 1. The Morgan fingerprint density at radius 2 is 2.14 bits per heavy atom. The molecule has 0 bridgehead atoms. The van der Waals surface area contributed by atoms with E-state index < -0.39 is 0 Å². The van der Waals surface area contributed by atoms with Gasteiger partial charge in [0.05, 0.1) is 34.7 Å². The molecule has 0 aliphatic carbocycles. The molecule has 1 aliphatic rings. The summed E-state index contributed by atoms with van der Waals surface area (Å²) in [7, 11) is 1.59. The summed E-state index contributed by atoms with van der Waals surface area (Å²) in [6.07, 6.45) is 0. The lowest BCUT2D eigenvalue weighted by atomic mass is 10.1. The van der Waals surface area contributed by atoms with Gasteiger partial charge in [-0.3, -0.25) is 4.79 Å². The summed E-state index contributed by atoms with van der Waals surface area (Å²) in [5.74, 6) is 1.32. The fourth-order valence-electron chi connectivity index (χ4n) is 3.02. The number of hydrazone groups is 1. The van der Waals surface area contributed by atoms with Crippen molar-refractivity contribution < 1.29 is 9.53 Å². The SMILES string of the molecule is COc1cc(SC#N)ccc1-c1nc2ccc(C3=NNC(=O)SC3C)cc2[nH]1. The number of nitrogens with one attached hydrogen (secondary N) is 2. The van der Waals surface area contributed by atoms with Crippen LogP contribution >= 0.6 is 23.5 Å². The summed E-state index contributed by atoms with van der Waals surface area (Å²) in [5, 5.41) is 14.9. The number of carbonyl (C=O) groups is 1. The monoisotopic (exact) mass is 409 g/mol. The van der Waals surface area contributed by atoms with Crippen LogP contribution in [-0.2, 0) is 0 Å². The topological polar surface area (TPSA) is 103 Å². The van der Waals surface area contributed by atoms with Gasteiger partial charge in [0.15, 0.2) is 0 Å². The number of nitrogens with zero attached hydrogens (tertiary/aromatic N) is 3. The smallest absolute Gasteiger partial charge is 0.299 e. The molecule has 0 radical (unpaired) electrons. The van der Waals surface area contributed by atoms with Crippen LogP contribution < -0.4 is 10.2 Å². The van der Waals surface area contributed by atoms with E-state index in [2.05, 4.69) is 25.9 Å². The van der Waals surface area contributed by atoms with E-state index in [1.807, 2.05) is 43.3 Å². The third kappa shape index (κ3) is 3.44. The van der Waals surface area contributed by atoms with Crippen molar-refractivity contribution in [3.8, 4) is 22.5 Å². The maximum Gasteiger partial charge on any atom is 0.299 e. The number of methoxy groups -OCH3 is 1. The summed E-state index contributed by atoms with van der Waals surface area (Å²) in [4.78, 5) is 20.2. The second kappa shape index (κ2) is 7.58. The van der Waals surface area contributed by atoms with Gasteiger partial charge in [-0.25, -0.2) is 10.4 Å². The van der Waals surface area contributed by atoms with Crippen LogP contribution in [0.1, 0.15) is 12.5 Å². The molecule has 4 rings (SSSR count). The number of imidazole rings is 1. The van der Waals surface area contributed by atoms with Crippen LogP contribution in [0.5, 0.6) is 5.75 Å². The minimum absolute atomic E-state index is 0.0288. The average Bonchev–Trinajstić information content (AvgIpc) is 3.11. The fraction of sp³-hybridized carbons (Fsp3) is 0.158. The normalized spacial score (nSPS) is 16.4. The number of fused-ring (bicyclic) bond motifs is 1. The number of rotatable bonds is 4. The highest BCUT2D eigenvalue weighted by atomic mass is 32.2. The molecule has 9 heteroatoms. The number of H-pyrrole nitrogens is 1. The van der Waals surface area contributed by atoms with Crippen molar-refractivity contribution in [2.24, 2.45) is 5.10 Å². The van der Waals surface area contributed by atoms with Crippen molar-refractivity contribution in [1.29, 1.82) is 5.26 Å². The van der Waals surface area contributed by atoms with Crippen molar-refractivity contribution in [3.63, 3.8) is 0 Å². The second-order valence-electron chi connectivity index (χ2n) is 6.03. The first-order valence-corrected chi connectivity index (χ1v) is 10.1. The number of benzene rings is 2. The Hall–Kier alpha value is -2.96. The van der Waals surface area contributed by atoms with Gasteiger partial charge in [-0.1, -0.05) is 17.8 Å². The number of nitriles is 1. The molecule has 28 heavy (non-hydrogen) atoms. The van der Waals surface area contributed by atoms with Gasteiger partial charge in [-0.05, 0) is 49.0 Å². The quantitative estimate of drug-likeness (QED) is 0.490. The van der Waals surface area contributed by atoms with Gasteiger partial charge < -0.3 is 9.72 Å². The van der Waals surface area contributed by atoms with E-state index in [0.29, 0.717) is 11.6 Å². The molecule has 2 N–H and O–H groups in total. The number of aromatic amines is 1. The molecule has 2 heterocycles. The standard InChI is InChI=1S/C19H15N5O2S2/c1-10-17(23-24-19(25)28-10)11-3-6-14-15(7-11)22-18(21-14)13-5-4-12(27-9-20)8-16(13)26-2/h3-8,10H,1-2H3,(H,21,22)(H,24,25). The van der Waals surface area contributed by atoms with Crippen LogP contribution in [0.4, 0.5) is 4.79 Å². The van der Waals surface area contributed by atoms with Crippen LogP contribution in [0.3, 0.4) is 0 Å². The highest BCUT2D eigenvalue weighted by molar-refractivity contribution is 8.14. The molecule has 140 valence electrons. The molecular formula is C19H15N5O2S2. The Bertz CT molecular complexity index is 1150. The Morgan fingerprint density at radius 1 is 1.29 bits per heavy atom. The second-order valence-corrected chi connectivity index (χ2v) is 8.20. The van der Waals surface area contributed by atoms with Crippen LogP contribution in [-0.4, -0.2) is 33.3 Å². The van der Waals surface area contributed by atoms with Crippen molar-refractivity contribution in [2.45, 2.75) is 17.1 Å². The van der Waals surface area contributed by atoms with Gasteiger partial charge in [0.1, 0.15) is 17.0 Å². The first-order valence-electron chi connectivity index (χ1n) is 8.37. The molecule has 0 saturated carbocycles. The van der Waals surface area contributed by atoms with Crippen molar-refractivity contribution in [3.05, 3.63) is 42.0 Å². The Balaban J connectivity index is 1.73. The Labute approximate surface area is 169 Å². The predicted molar refractivity (Wildman–Crippen MR) is 112 cm³/mol. The van der Waals surface area contributed by atoms with Gasteiger partial charge in [-0.15, -0.1) is 0 Å². The predicted octanol–water partition coefficient (Wildman–Crippen LogP) is 4.36. The van der Waals surface area contributed by atoms with Gasteiger partial charge in [0, 0.05) is 10.5 Å². The fourth-order valence-corrected chi connectivity index (χ4v) is 4.15. The van der Waals surface area contributed by atoms with Crippen LogP contribution in [0, 0.1) is 10.7 Å². The molecule has 2 aromatic carbocycles. The van der Waals surface area contributed by atoms with E-state index in [1.165, 1.54) is 11.8 Å². The highest BCUT2D eigenvalue weighted by Crippen LogP contribution is 2.33. The number of amides is 1. The van der Waals surface area contributed by atoms with E-state index in [9.17, 15) is 4.79 Å². The molecule has 1 aliphatic heterocycles. The molecule has 7 nitrogen and oxygen atoms in total. The minimum Gasteiger partial charge on any atom is -0.496 e. The van der Waals surface area contributed by atoms with Crippen LogP contribution in [0.25, 0.3) is 22.4 Å². The molecule has 1 aromatic heterocycles. The highest BCUT2D eigenvalue weighted by Gasteiger charge is 2.23. The summed E-state index contributed by atoms with van der Waals surface area (Å²) in [5.41, 5.74) is 6.75. The minimum atomic E-state index is -0.147. The zero-order chi connectivity index (χ0) is 19.7. The zero-order valence-corrected chi connectivity index (χ0v) is 16.6. The lowest BCUT2D eigenvalue weighted by molar-refractivity contribution is 0.261. The first kappa shape index (κ1) is 18.4. The summed E-state index contributed by atoms with van der Waals surface area (Å²) in [6, 6.07) is 11.4. The number of carbonyl (C=O) groups excluding carboxylic acids is 1. The summed E-state index contributed by atoms with van der Waals surface area (Å²) >= 11 is 2.30. The van der Waals surface area contributed by atoms with E-state index in [1.54, 1.807) is 7.11 Å². The van der Waals surface area contributed by atoms with Gasteiger partial charge in [-0.2, -0.15) is 10.4 Å². The van der Waals surface area contributed by atoms with Crippen LogP contribution in [0.2, 0.25) is 0 Å². The van der Waals surface area contributed by atoms with Gasteiger partial charge in [0.2, 0.25) is 0 Å². The molecule has 0 fully saturated rings. The maximum atomic E-state index is 11.4. The Morgan fingerprint density at radius 3 is 2.89 bits per heavy atom. The zero-order valence-electron chi connectivity index (χ0n) is 15.0. The van der Waals surface area contributed by atoms with E-state index >= 15 is 0 Å². The van der Waals surface area contributed by atoms with Crippen LogP contribution in [0.15, 0.2) is 46.4 Å². The molecule has 1 unspecified atom stereocenters. The molecule has 0 spiro atoms. The van der Waals surface area contributed by atoms with Crippen molar-refractivity contribution in [2.75, 3.05) is 7.11 Å². The van der Waals surface area contributed by atoms with Crippen molar-refractivity contribution in [1.82, 2.24) is 15.4 Å². The summed E-state index contributed by atoms with van der Waals surface area (Å²) < 4.78 is 5.48. The third-order valence-electron chi connectivity index (χ3n) is 4.31. The van der Waals surface area contributed by atoms with Crippen molar-refractivity contribution >= 4 is 45.5 Å². The van der Waals surface area contributed by atoms with Gasteiger partial charge in [0.25, 0.3) is 5.24 Å². The average molecular weight is 409 g/mol. The number of hydrogen-bond acceptors (Lipinski definition) is 7. The number of hydrogen-bond donors (Lipinski definition) is 2. The summed E-state index contributed by atoms with van der Waals surface area (Å²) in [6.45, 7) is 1.95. The number of thioether (sulfide) groups is 2. The van der Waals surface area contributed by atoms with Gasteiger partial charge >= 0.3 is 0 Å². The lowest BCUT2D eigenvalue weighted by Gasteiger charge is -2.18. The maximum absolute atomic E-state index is 11.4. The van der Waals surface area contributed by atoms with E-state index in [-0.39, 0.29) is 10.5 Å².